The highest BCUT2D eigenvalue weighted by Crippen LogP contribution is 2.30. The van der Waals surface area contributed by atoms with Gasteiger partial charge in [-0.05, 0) is 25.1 Å². The van der Waals surface area contributed by atoms with Crippen LogP contribution in [0.25, 0.3) is 0 Å². The molecular weight excluding hydrogens is 500 g/mol. The monoisotopic (exact) mass is 517 g/mol. The number of halogens is 6. The minimum absolute atomic E-state index is 0. The second kappa shape index (κ2) is 9.37. The van der Waals surface area contributed by atoms with Gasteiger partial charge in [0.2, 0.25) is 0 Å². The topological polar surface area (TPSA) is 79.9 Å². The van der Waals surface area contributed by atoms with Crippen LogP contribution in [0.1, 0.15) is 12.5 Å². The molecule has 1 unspecified atom stereocenters. The minimum atomic E-state index is -4.90. The van der Waals surface area contributed by atoms with E-state index in [0.717, 1.165) is 18.2 Å². The maximum Gasteiger partial charge on any atom is 0.573 e. The summed E-state index contributed by atoms with van der Waals surface area (Å²) in [6.45, 7) is 0.803. The van der Waals surface area contributed by atoms with Crippen molar-refractivity contribution in [1.29, 1.82) is 0 Å². The van der Waals surface area contributed by atoms with Crippen LogP contribution in [0.2, 0.25) is 0 Å². The Balaban J connectivity index is 0.00000392. The van der Waals surface area contributed by atoms with Crippen LogP contribution in [0.3, 0.4) is 0 Å². The zero-order valence-corrected chi connectivity index (χ0v) is 16.8. The van der Waals surface area contributed by atoms with Crippen LogP contribution in [0.5, 0.6) is 5.75 Å². The van der Waals surface area contributed by atoms with Gasteiger partial charge >= 0.3 is 6.36 Å². The molecule has 0 heterocycles. The number of alkyl halides is 3. The third-order valence-electron chi connectivity index (χ3n) is 3.44. The lowest BCUT2D eigenvalue weighted by atomic mass is 9.95. The van der Waals surface area contributed by atoms with Gasteiger partial charge in [-0.3, -0.25) is 0 Å². The lowest BCUT2D eigenvalue weighted by Crippen LogP contribution is -2.30. The molecule has 11 heteroatoms. The number of anilines is 1. The molecule has 1 atom stereocenters. The van der Waals surface area contributed by atoms with Gasteiger partial charge in [-0.25, -0.2) is 13.8 Å². The molecule has 0 aliphatic carbocycles. The summed E-state index contributed by atoms with van der Waals surface area (Å²) in [7, 11) is 0. The van der Waals surface area contributed by atoms with Crippen molar-refractivity contribution in [3.63, 3.8) is 0 Å². The van der Waals surface area contributed by atoms with E-state index in [1.54, 1.807) is 0 Å². The van der Waals surface area contributed by atoms with E-state index in [4.69, 9.17) is 5.73 Å². The van der Waals surface area contributed by atoms with Gasteiger partial charge in [0.1, 0.15) is 17.2 Å². The van der Waals surface area contributed by atoms with E-state index in [1.807, 2.05) is 0 Å². The molecule has 154 valence electrons. The lowest BCUT2D eigenvalue weighted by molar-refractivity contribution is -0.274. The third-order valence-corrected chi connectivity index (χ3v) is 3.44. The minimum Gasteiger partial charge on any atom is -0.404 e. The van der Waals surface area contributed by atoms with Crippen molar-refractivity contribution in [2.45, 2.75) is 18.9 Å². The van der Waals surface area contributed by atoms with Crippen LogP contribution in [0.15, 0.2) is 47.5 Å². The summed E-state index contributed by atoms with van der Waals surface area (Å²) in [4.78, 5) is 3.80. The van der Waals surface area contributed by atoms with E-state index in [-0.39, 0.29) is 41.2 Å². The largest absolute Gasteiger partial charge is 0.573 e. The summed E-state index contributed by atoms with van der Waals surface area (Å²) in [6.07, 6.45) is -4.90. The van der Waals surface area contributed by atoms with Crippen molar-refractivity contribution in [1.82, 2.24) is 0 Å². The molecule has 0 fully saturated rings. The van der Waals surface area contributed by atoms with Crippen molar-refractivity contribution in [3.8, 4) is 5.75 Å². The van der Waals surface area contributed by atoms with Gasteiger partial charge in [-0.1, -0.05) is 18.2 Å². The highest BCUT2D eigenvalue weighted by Gasteiger charge is 2.32. The summed E-state index contributed by atoms with van der Waals surface area (Å²) >= 11 is 0. The smallest absolute Gasteiger partial charge is 0.404 e. The fourth-order valence-electron chi connectivity index (χ4n) is 2.21. The van der Waals surface area contributed by atoms with Gasteiger partial charge in [0.25, 0.3) is 0 Å². The Bertz CT molecular complexity index is 844. The molecule has 0 spiro atoms. The quantitative estimate of drug-likeness (QED) is 0.242. The molecule has 2 aromatic carbocycles. The van der Waals surface area contributed by atoms with E-state index < -0.39 is 35.9 Å². The summed E-state index contributed by atoms with van der Waals surface area (Å²) in [5.41, 5.74) is 3.48. The first-order chi connectivity index (χ1) is 12.5. The number of benzene rings is 2. The number of nitrogens with zero attached hydrogens (tertiary/aromatic N) is 1. The maximum absolute atomic E-state index is 13.8. The first kappa shape index (κ1) is 23.9. The Morgan fingerprint density at radius 3 is 2.43 bits per heavy atom. The molecule has 2 rings (SSSR count). The van der Waals surface area contributed by atoms with E-state index in [0.29, 0.717) is 6.07 Å². The molecule has 0 aliphatic heterocycles. The van der Waals surface area contributed by atoms with Crippen molar-refractivity contribution < 1.29 is 31.8 Å². The fourth-order valence-corrected chi connectivity index (χ4v) is 2.21. The van der Waals surface area contributed by atoms with E-state index in [1.165, 1.54) is 25.1 Å². The van der Waals surface area contributed by atoms with E-state index in [2.05, 4.69) is 15.0 Å². The highest BCUT2D eigenvalue weighted by molar-refractivity contribution is 14.0. The Morgan fingerprint density at radius 2 is 1.82 bits per heavy atom. The number of aliphatic hydroxyl groups is 1. The average molecular weight is 517 g/mol. The van der Waals surface area contributed by atoms with Crippen LogP contribution < -0.4 is 15.8 Å². The first-order valence-corrected chi connectivity index (χ1v) is 7.57. The number of nitrogens with two attached hydrogens (primary N) is 1. The van der Waals surface area contributed by atoms with Crippen molar-refractivity contribution in [2.75, 3.05) is 11.9 Å². The van der Waals surface area contributed by atoms with Crippen molar-refractivity contribution in [2.24, 2.45) is 10.7 Å². The standard InChI is InChI=1S/C17H16F5N3O2.HI/c1-16(26,11-7-6-10(18)8-12(11)19)9-24-15(23)25-13-4-2-3-5-14(13)27-17(20,21)22;/h2-8,26H,9H2,1H3,(H3,23,24,25);1H. The van der Waals surface area contributed by atoms with Crippen LogP contribution in [-0.2, 0) is 5.60 Å². The molecule has 0 aromatic heterocycles. The fraction of sp³-hybridized carbons (Fsp3) is 0.235. The van der Waals surface area contributed by atoms with Crippen molar-refractivity contribution >= 4 is 35.6 Å². The number of para-hydroxylation sites is 2. The summed E-state index contributed by atoms with van der Waals surface area (Å²) in [6, 6.07) is 7.79. The van der Waals surface area contributed by atoms with Crippen LogP contribution in [0, 0.1) is 11.6 Å². The first-order valence-electron chi connectivity index (χ1n) is 7.57. The van der Waals surface area contributed by atoms with E-state index in [9.17, 15) is 27.1 Å². The van der Waals surface area contributed by atoms with Gasteiger partial charge in [-0.2, -0.15) is 0 Å². The number of guanidine groups is 1. The average Bonchev–Trinajstić information content (AvgIpc) is 2.53. The molecular formula is C17H17F5IN3O2. The maximum atomic E-state index is 13.8. The predicted molar refractivity (Wildman–Crippen MR) is 105 cm³/mol. The summed E-state index contributed by atoms with van der Waals surface area (Å²) in [5, 5.41) is 12.8. The highest BCUT2D eigenvalue weighted by atomic mass is 127. The molecule has 0 amide bonds. The lowest BCUT2D eigenvalue weighted by Gasteiger charge is -2.22. The SMILES string of the molecule is CC(O)(CN=C(N)Nc1ccccc1OC(F)(F)F)c1ccc(F)cc1F.I. The Labute approximate surface area is 174 Å². The predicted octanol–water partition coefficient (Wildman–Crippen LogP) is 4.12. The third kappa shape index (κ3) is 6.78. The zero-order chi connectivity index (χ0) is 20.2. The molecule has 2 aromatic rings. The summed E-state index contributed by atoms with van der Waals surface area (Å²) in [5.74, 6) is -2.64. The molecule has 5 nitrogen and oxygen atoms in total. The van der Waals surface area contributed by atoms with Crippen LogP contribution >= 0.6 is 24.0 Å². The number of ether oxygens (including phenoxy) is 1. The molecule has 0 bridgehead atoms. The Kier molecular flexibility index (Phi) is 7.99. The summed E-state index contributed by atoms with van der Waals surface area (Å²) < 4.78 is 67.9. The second-order valence-electron chi connectivity index (χ2n) is 5.77. The van der Waals surface area contributed by atoms with Gasteiger partial charge in [-0.15, -0.1) is 37.1 Å². The number of hydrogen-bond acceptors (Lipinski definition) is 3. The van der Waals surface area contributed by atoms with Crippen molar-refractivity contribution in [3.05, 3.63) is 59.7 Å². The number of rotatable bonds is 5. The van der Waals surface area contributed by atoms with Gasteiger partial charge in [0, 0.05) is 11.6 Å². The van der Waals surface area contributed by atoms with Crippen LogP contribution in [0.4, 0.5) is 27.6 Å². The van der Waals surface area contributed by atoms with Crippen LogP contribution in [-0.4, -0.2) is 24.0 Å². The second-order valence-corrected chi connectivity index (χ2v) is 5.77. The molecule has 0 saturated carbocycles. The van der Waals surface area contributed by atoms with Gasteiger partial charge < -0.3 is 20.9 Å². The molecule has 0 aliphatic rings. The number of aliphatic imine (C=N–C) groups is 1. The van der Waals surface area contributed by atoms with Gasteiger partial charge in [0.15, 0.2) is 11.7 Å². The molecule has 4 N–H and O–H groups in total. The molecule has 0 saturated heterocycles. The molecule has 0 radical (unpaired) electrons. The Hall–Kier alpha value is -2.15. The molecule has 28 heavy (non-hydrogen) atoms. The van der Waals surface area contributed by atoms with Gasteiger partial charge in [0.05, 0.1) is 12.2 Å². The zero-order valence-electron chi connectivity index (χ0n) is 14.4. The number of hydrogen-bond donors (Lipinski definition) is 3. The van der Waals surface area contributed by atoms with E-state index >= 15 is 0 Å². The normalized spacial score (nSPS) is 14.0. The Morgan fingerprint density at radius 1 is 1.18 bits per heavy atom. The number of nitrogens with one attached hydrogen (secondary N) is 1.